The average molecular weight is 436 g/mol. The van der Waals surface area contributed by atoms with Crippen LogP contribution in [0, 0.1) is 6.92 Å². The van der Waals surface area contributed by atoms with Crippen LogP contribution in [-0.4, -0.2) is 57.4 Å². The van der Waals surface area contributed by atoms with Gasteiger partial charge in [-0.15, -0.1) is 0 Å². The molecular weight excluding hydrogens is 412 g/mol. The number of rotatable bonds is 7. The van der Waals surface area contributed by atoms with Crippen molar-refractivity contribution in [3.05, 3.63) is 59.5 Å². The molecule has 0 spiro atoms. The van der Waals surface area contributed by atoms with Crippen LogP contribution in [-0.2, 0) is 14.4 Å². The molecule has 166 valence electrons. The molecule has 9 nitrogen and oxygen atoms in total. The largest absolute Gasteiger partial charge is 0.467 e. The molecule has 5 amide bonds. The third-order valence-corrected chi connectivity index (χ3v) is 5.59. The van der Waals surface area contributed by atoms with Gasteiger partial charge in [0.1, 0.15) is 18.3 Å². The van der Waals surface area contributed by atoms with Crippen molar-refractivity contribution in [2.24, 2.45) is 5.10 Å². The van der Waals surface area contributed by atoms with Gasteiger partial charge < -0.3 is 4.42 Å². The molecule has 1 saturated heterocycles. The Morgan fingerprint density at radius 1 is 1.09 bits per heavy atom. The Morgan fingerprint density at radius 2 is 1.81 bits per heavy atom. The highest BCUT2D eigenvalue weighted by atomic mass is 16.3. The second-order valence-electron chi connectivity index (χ2n) is 7.87. The predicted octanol–water partition coefficient (Wildman–Crippen LogP) is 2.86. The number of hydrazone groups is 1. The summed E-state index contributed by atoms with van der Waals surface area (Å²) >= 11 is 0. The number of nitrogens with zero attached hydrogens (tertiary/aromatic N) is 4. The molecule has 32 heavy (non-hydrogen) atoms. The molecule has 2 aliphatic rings. The topological polar surface area (TPSA) is 104 Å². The average Bonchev–Trinajstić information content (AvgIpc) is 3.50. The smallest absolute Gasteiger partial charge is 0.334 e. The van der Waals surface area contributed by atoms with E-state index in [1.165, 1.54) is 11.3 Å². The molecule has 4 rings (SSSR count). The van der Waals surface area contributed by atoms with Gasteiger partial charge in [0.15, 0.2) is 0 Å². The van der Waals surface area contributed by atoms with Crippen LogP contribution in [0.3, 0.4) is 0 Å². The number of hydrogen-bond donors (Lipinski definition) is 0. The van der Waals surface area contributed by atoms with Crippen molar-refractivity contribution in [1.82, 2.24) is 14.8 Å². The third-order valence-electron chi connectivity index (χ3n) is 5.59. The van der Waals surface area contributed by atoms with Crippen molar-refractivity contribution in [3.63, 3.8) is 0 Å². The van der Waals surface area contributed by atoms with Gasteiger partial charge >= 0.3 is 17.8 Å². The zero-order chi connectivity index (χ0) is 22.8. The van der Waals surface area contributed by atoms with E-state index in [9.17, 15) is 19.2 Å². The minimum atomic E-state index is -0.990. The number of aryl methyl sites for hydroxylation is 1. The first-order valence-corrected chi connectivity index (χ1v) is 10.6. The van der Waals surface area contributed by atoms with Gasteiger partial charge in [-0.25, -0.2) is 14.7 Å². The van der Waals surface area contributed by atoms with Gasteiger partial charge in [0, 0.05) is 13.0 Å². The van der Waals surface area contributed by atoms with Gasteiger partial charge in [0.05, 0.1) is 12.0 Å². The summed E-state index contributed by atoms with van der Waals surface area (Å²) in [6.07, 6.45) is 3.29. The zero-order valence-corrected chi connectivity index (χ0v) is 18.0. The monoisotopic (exact) mass is 436 g/mol. The fourth-order valence-corrected chi connectivity index (χ4v) is 3.77. The Bertz CT molecular complexity index is 1070. The molecule has 1 aromatic carbocycles. The number of hydrogen-bond acceptors (Lipinski definition) is 6. The van der Waals surface area contributed by atoms with E-state index in [1.54, 1.807) is 12.1 Å². The fourth-order valence-electron chi connectivity index (χ4n) is 3.77. The molecule has 2 aromatic rings. The SMILES string of the molecule is CCCCN1C(=O)C(=O)N(CC(=O)N2N=C(c3ccc(C)cc3)CC2c2ccco2)C1=O. The van der Waals surface area contributed by atoms with Crippen LogP contribution in [0.5, 0.6) is 0 Å². The lowest BCUT2D eigenvalue weighted by atomic mass is 10.0. The first kappa shape index (κ1) is 21.5. The molecule has 9 heteroatoms. The summed E-state index contributed by atoms with van der Waals surface area (Å²) in [5, 5.41) is 5.74. The zero-order valence-electron chi connectivity index (χ0n) is 18.0. The Balaban J connectivity index is 1.57. The highest BCUT2D eigenvalue weighted by Gasteiger charge is 2.46. The van der Waals surface area contributed by atoms with Gasteiger partial charge in [0.25, 0.3) is 5.91 Å². The van der Waals surface area contributed by atoms with Crippen LogP contribution >= 0.6 is 0 Å². The molecule has 1 aromatic heterocycles. The predicted molar refractivity (Wildman–Crippen MR) is 114 cm³/mol. The van der Waals surface area contributed by atoms with Gasteiger partial charge in [-0.3, -0.25) is 19.3 Å². The molecule has 0 N–H and O–H groups in total. The van der Waals surface area contributed by atoms with Crippen molar-refractivity contribution in [3.8, 4) is 0 Å². The van der Waals surface area contributed by atoms with E-state index in [2.05, 4.69) is 5.10 Å². The molecule has 1 atom stereocenters. The molecule has 3 heterocycles. The second-order valence-corrected chi connectivity index (χ2v) is 7.87. The Kier molecular flexibility index (Phi) is 5.89. The molecule has 0 bridgehead atoms. The molecule has 0 saturated carbocycles. The Hall–Kier alpha value is -3.75. The van der Waals surface area contributed by atoms with Crippen molar-refractivity contribution < 1.29 is 23.6 Å². The standard InChI is InChI=1S/C23H24N4O5/c1-3-4-11-25-21(29)22(30)26(23(25)31)14-20(28)27-18(19-6-5-12-32-19)13-17(24-27)16-9-7-15(2)8-10-16/h5-10,12,18H,3-4,11,13-14H2,1-2H3. The van der Waals surface area contributed by atoms with Crippen LogP contribution in [0.25, 0.3) is 0 Å². The maximum absolute atomic E-state index is 13.2. The molecular formula is C23H24N4O5. The van der Waals surface area contributed by atoms with E-state index in [0.29, 0.717) is 29.2 Å². The van der Waals surface area contributed by atoms with Crippen molar-refractivity contribution in [2.45, 2.75) is 39.2 Å². The summed E-state index contributed by atoms with van der Waals surface area (Å²) in [6, 6.07) is 9.98. The minimum absolute atomic E-state index is 0.152. The molecule has 1 fully saturated rings. The summed E-state index contributed by atoms with van der Waals surface area (Å²) in [5.41, 5.74) is 2.67. The number of unbranched alkanes of at least 4 members (excludes halogenated alkanes) is 1. The molecule has 1 unspecified atom stereocenters. The number of amides is 5. The summed E-state index contributed by atoms with van der Waals surface area (Å²) in [6.45, 7) is 3.49. The van der Waals surface area contributed by atoms with E-state index in [1.807, 2.05) is 38.1 Å². The second kappa shape index (κ2) is 8.78. The lowest BCUT2D eigenvalue weighted by Gasteiger charge is -2.22. The van der Waals surface area contributed by atoms with Crippen molar-refractivity contribution in [1.29, 1.82) is 0 Å². The van der Waals surface area contributed by atoms with Crippen LogP contribution in [0.2, 0.25) is 0 Å². The fraction of sp³-hybridized carbons (Fsp3) is 0.348. The van der Waals surface area contributed by atoms with E-state index < -0.39 is 36.3 Å². The van der Waals surface area contributed by atoms with Crippen LogP contribution in [0.4, 0.5) is 4.79 Å². The number of benzene rings is 1. The van der Waals surface area contributed by atoms with E-state index >= 15 is 0 Å². The van der Waals surface area contributed by atoms with E-state index in [4.69, 9.17) is 4.42 Å². The van der Waals surface area contributed by atoms with Gasteiger partial charge in [-0.2, -0.15) is 5.10 Å². The lowest BCUT2D eigenvalue weighted by molar-refractivity contribution is -0.145. The van der Waals surface area contributed by atoms with Crippen LogP contribution < -0.4 is 0 Å². The first-order valence-electron chi connectivity index (χ1n) is 10.6. The number of furan rings is 1. The van der Waals surface area contributed by atoms with Gasteiger partial charge in [-0.1, -0.05) is 43.2 Å². The molecule has 0 radical (unpaired) electrons. The Morgan fingerprint density at radius 3 is 2.47 bits per heavy atom. The normalized spacial score (nSPS) is 18.7. The minimum Gasteiger partial charge on any atom is -0.467 e. The maximum Gasteiger partial charge on any atom is 0.334 e. The van der Waals surface area contributed by atoms with Crippen LogP contribution in [0.15, 0.2) is 52.2 Å². The summed E-state index contributed by atoms with van der Waals surface area (Å²) in [5.74, 6) is -1.91. The van der Waals surface area contributed by atoms with E-state index in [0.717, 1.165) is 22.4 Å². The van der Waals surface area contributed by atoms with Crippen molar-refractivity contribution >= 4 is 29.5 Å². The quantitative estimate of drug-likeness (QED) is 0.490. The lowest BCUT2D eigenvalue weighted by Crippen LogP contribution is -2.42. The van der Waals surface area contributed by atoms with Gasteiger partial charge in [-0.05, 0) is 31.0 Å². The summed E-state index contributed by atoms with van der Waals surface area (Å²) in [7, 11) is 0. The number of imide groups is 2. The van der Waals surface area contributed by atoms with E-state index in [-0.39, 0.29) is 6.54 Å². The highest BCUT2D eigenvalue weighted by molar-refractivity contribution is 6.45. The third kappa shape index (κ3) is 3.93. The Labute approximate surface area is 185 Å². The van der Waals surface area contributed by atoms with Gasteiger partial charge in [0.2, 0.25) is 0 Å². The van der Waals surface area contributed by atoms with Crippen molar-refractivity contribution in [2.75, 3.05) is 13.1 Å². The number of urea groups is 1. The highest BCUT2D eigenvalue weighted by Crippen LogP contribution is 2.33. The molecule has 0 aliphatic carbocycles. The van der Waals surface area contributed by atoms with Crippen LogP contribution in [0.1, 0.15) is 49.1 Å². The maximum atomic E-state index is 13.2. The summed E-state index contributed by atoms with van der Waals surface area (Å²) in [4.78, 5) is 51.9. The first-order chi connectivity index (χ1) is 15.4. The number of carbonyl (C=O) groups is 4. The number of carbonyl (C=O) groups excluding carboxylic acids is 4. The summed E-state index contributed by atoms with van der Waals surface area (Å²) < 4.78 is 5.51. The molecule has 2 aliphatic heterocycles.